The highest BCUT2D eigenvalue weighted by molar-refractivity contribution is 6.60. The van der Waals surface area contributed by atoms with Crippen molar-refractivity contribution in [2.75, 3.05) is 27.9 Å². The molecule has 0 aromatic carbocycles. The van der Waals surface area contributed by atoms with Crippen molar-refractivity contribution in [2.45, 2.75) is 18.9 Å². The van der Waals surface area contributed by atoms with Crippen molar-refractivity contribution in [3.05, 3.63) is 12.2 Å². The van der Waals surface area contributed by atoms with Gasteiger partial charge in [0.25, 0.3) is 0 Å². The van der Waals surface area contributed by atoms with Crippen LogP contribution in [0.15, 0.2) is 12.2 Å². The van der Waals surface area contributed by atoms with Gasteiger partial charge in [0.1, 0.15) is 0 Å². The van der Waals surface area contributed by atoms with Crippen LogP contribution in [-0.2, 0) is 22.9 Å². The largest absolute Gasteiger partial charge is 0.500 e. The van der Waals surface area contributed by atoms with Crippen LogP contribution in [0.4, 0.5) is 0 Å². The van der Waals surface area contributed by atoms with Crippen LogP contribution in [0.3, 0.4) is 0 Å². The highest BCUT2D eigenvalue weighted by Crippen LogP contribution is 2.13. The molecule has 0 fully saturated rings. The van der Waals surface area contributed by atoms with Crippen molar-refractivity contribution in [3.63, 3.8) is 0 Å². The van der Waals surface area contributed by atoms with Gasteiger partial charge in [0.05, 0.1) is 6.42 Å². The number of hydrogen-bond donors (Lipinski definition) is 3. The Morgan fingerprint density at radius 2 is 1.60 bits per heavy atom. The zero-order valence-corrected chi connectivity index (χ0v) is 13.0. The first-order valence-corrected chi connectivity index (χ1v) is 7.70. The zero-order chi connectivity index (χ0) is 16.2. The second-order valence-electron chi connectivity index (χ2n) is 3.67. The predicted octanol–water partition coefficient (Wildman–Crippen LogP) is 0.315. The van der Waals surface area contributed by atoms with Crippen LogP contribution in [0.5, 0.6) is 0 Å². The molecule has 0 aliphatic heterocycles. The summed E-state index contributed by atoms with van der Waals surface area (Å²) >= 11 is 0. The molecule has 0 saturated carbocycles. The standard InChI is InChI=1S/C6H17NO3Si.C5H6O4/c1-8-11(9-2,10-3)6-4-5-7;1-3(5(8)9)2-4(6)7/h4-7H2,1-3H3;1-2H2,(H,6,7)(H,8,9). The van der Waals surface area contributed by atoms with E-state index in [9.17, 15) is 9.59 Å². The quantitative estimate of drug-likeness (QED) is 0.410. The third-order valence-corrected chi connectivity index (χ3v) is 5.12. The summed E-state index contributed by atoms with van der Waals surface area (Å²) in [6.45, 7) is 3.66. The van der Waals surface area contributed by atoms with Crippen LogP contribution in [0.1, 0.15) is 12.8 Å². The number of rotatable bonds is 9. The second kappa shape index (κ2) is 11.6. The molecule has 4 N–H and O–H groups in total. The summed E-state index contributed by atoms with van der Waals surface area (Å²) in [4.78, 5) is 19.7. The van der Waals surface area contributed by atoms with Gasteiger partial charge in [-0.3, -0.25) is 4.79 Å². The Morgan fingerprint density at radius 1 is 1.15 bits per heavy atom. The van der Waals surface area contributed by atoms with E-state index in [0.29, 0.717) is 6.54 Å². The molecule has 0 aliphatic rings. The molecule has 0 saturated heterocycles. The van der Waals surface area contributed by atoms with Gasteiger partial charge in [0, 0.05) is 32.9 Å². The molecule has 0 heterocycles. The first-order chi connectivity index (χ1) is 9.28. The third kappa shape index (κ3) is 9.64. The van der Waals surface area contributed by atoms with Crippen LogP contribution in [0.25, 0.3) is 0 Å². The van der Waals surface area contributed by atoms with Gasteiger partial charge < -0.3 is 29.2 Å². The van der Waals surface area contributed by atoms with Gasteiger partial charge in [-0.1, -0.05) is 6.58 Å². The van der Waals surface area contributed by atoms with Gasteiger partial charge in [-0.15, -0.1) is 0 Å². The SMILES string of the molecule is C=C(CC(=O)O)C(=O)O.CO[Si](CCCN)(OC)OC. The fourth-order valence-electron chi connectivity index (χ4n) is 1.13. The van der Waals surface area contributed by atoms with Crippen LogP contribution in [-0.4, -0.2) is 58.8 Å². The van der Waals surface area contributed by atoms with Crippen LogP contribution < -0.4 is 5.73 Å². The van der Waals surface area contributed by atoms with Crippen molar-refractivity contribution >= 4 is 20.7 Å². The lowest BCUT2D eigenvalue weighted by molar-refractivity contribution is -0.139. The fourth-order valence-corrected chi connectivity index (χ4v) is 2.88. The first-order valence-electron chi connectivity index (χ1n) is 5.77. The van der Waals surface area contributed by atoms with E-state index in [1.165, 1.54) is 0 Å². The number of carboxylic acids is 2. The molecule has 0 aromatic rings. The molecule has 9 heteroatoms. The minimum Gasteiger partial charge on any atom is -0.481 e. The maximum atomic E-state index is 9.87. The topological polar surface area (TPSA) is 128 Å². The molecule has 118 valence electrons. The summed E-state index contributed by atoms with van der Waals surface area (Å²) in [5.41, 5.74) is 5.05. The summed E-state index contributed by atoms with van der Waals surface area (Å²) in [5.74, 6) is -2.44. The van der Waals surface area contributed by atoms with Gasteiger partial charge in [-0.2, -0.15) is 0 Å². The maximum Gasteiger partial charge on any atom is 0.500 e. The monoisotopic (exact) mass is 309 g/mol. The van der Waals surface area contributed by atoms with Crippen molar-refractivity contribution in [3.8, 4) is 0 Å². The highest BCUT2D eigenvalue weighted by Gasteiger charge is 2.36. The molecule has 0 aromatic heterocycles. The molecule has 8 nitrogen and oxygen atoms in total. The zero-order valence-electron chi connectivity index (χ0n) is 12.0. The number of nitrogens with two attached hydrogens (primary N) is 1. The van der Waals surface area contributed by atoms with E-state index in [0.717, 1.165) is 12.5 Å². The van der Waals surface area contributed by atoms with Crippen molar-refractivity contribution in [1.82, 2.24) is 0 Å². The number of hydrogen-bond acceptors (Lipinski definition) is 6. The number of carbonyl (C=O) groups is 2. The minimum absolute atomic E-state index is 0.303. The smallest absolute Gasteiger partial charge is 0.481 e. The lowest BCUT2D eigenvalue weighted by atomic mass is 10.2. The summed E-state index contributed by atoms with van der Waals surface area (Å²) in [5, 5.41) is 16.1. The number of carboxylic acid groups (broad SMARTS) is 2. The van der Waals surface area contributed by atoms with E-state index < -0.39 is 27.2 Å². The molecule has 0 radical (unpaired) electrons. The molecule has 20 heavy (non-hydrogen) atoms. The van der Waals surface area contributed by atoms with Gasteiger partial charge in [-0.25, -0.2) is 4.79 Å². The van der Waals surface area contributed by atoms with Crippen LogP contribution in [0, 0.1) is 0 Å². The molecular formula is C11H23NO7Si. The molecule has 0 amide bonds. The van der Waals surface area contributed by atoms with E-state index >= 15 is 0 Å². The molecular weight excluding hydrogens is 286 g/mol. The molecule has 0 bridgehead atoms. The average molecular weight is 309 g/mol. The van der Waals surface area contributed by atoms with E-state index in [2.05, 4.69) is 6.58 Å². The lowest BCUT2D eigenvalue weighted by Crippen LogP contribution is -2.42. The van der Waals surface area contributed by atoms with Crippen LogP contribution in [0.2, 0.25) is 6.04 Å². The Kier molecular flexibility index (Phi) is 12.2. The Hall–Kier alpha value is -1.26. The second-order valence-corrected chi connectivity index (χ2v) is 6.76. The van der Waals surface area contributed by atoms with E-state index in [-0.39, 0.29) is 5.57 Å². The first kappa shape index (κ1) is 21.0. The Morgan fingerprint density at radius 3 is 1.80 bits per heavy atom. The van der Waals surface area contributed by atoms with E-state index in [1.807, 2.05) is 0 Å². The van der Waals surface area contributed by atoms with Gasteiger partial charge >= 0.3 is 20.7 Å². The van der Waals surface area contributed by atoms with Gasteiger partial charge in [0.15, 0.2) is 0 Å². The molecule has 0 unspecified atom stereocenters. The Bertz CT molecular complexity index is 310. The van der Waals surface area contributed by atoms with E-state index in [1.54, 1.807) is 21.3 Å². The molecule has 0 atom stereocenters. The van der Waals surface area contributed by atoms with Crippen molar-refractivity contribution < 1.29 is 33.1 Å². The Balaban J connectivity index is 0. The van der Waals surface area contributed by atoms with Crippen molar-refractivity contribution in [1.29, 1.82) is 0 Å². The molecule has 0 rings (SSSR count). The normalized spacial score (nSPS) is 10.4. The van der Waals surface area contributed by atoms with E-state index in [4.69, 9.17) is 29.2 Å². The van der Waals surface area contributed by atoms with Gasteiger partial charge in [-0.05, 0) is 13.0 Å². The van der Waals surface area contributed by atoms with Gasteiger partial charge in [0.2, 0.25) is 0 Å². The summed E-state index contributed by atoms with van der Waals surface area (Å²) < 4.78 is 15.5. The minimum atomic E-state index is -2.32. The summed E-state index contributed by atoms with van der Waals surface area (Å²) in [7, 11) is 2.50. The fraction of sp³-hybridized carbons (Fsp3) is 0.636. The predicted molar refractivity (Wildman–Crippen MR) is 74.3 cm³/mol. The highest BCUT2D eigenvalue weighted by atomic mass is 28.4. The lowest BCUT2D eigenvalue weighted by Gasteiger charge is -2.23. The third-order valence-electron chi connectivity index (χ3n) is 2.29. The average Bonchev–Trinajstić information content (AvgIpc) is 2.41. The van der Waals surface area contributed by atoms with Crippen molar-refractivity contribution in [2.24, 2.45) is 5.73 Å². The Labute approximate surface area is 119 Å². The maximum absolute atomic E-state index is 9.87. The summed E-state index contributed by atoms with van der Waals surface area (Å²) in [6.07, 6.45) is 0.372. The molecule has 0 aliphatic carbocycles. The number of aliphatic carboxylic acids is 2. The summed E-state index contributed by atoms with van der Waals surface area (Å²) in [6, 6.07) is 0.785. The van der Waals surface area contributed by atoms with Crippen LogP contribution >= 0.6 is 0 Å². The molecule has 0 spiro atoms.